The van der Waals surface area contributed by atoms with Gasteiger partial charge in [-0.1, -0.05) is 19.0 Å². The molecule has 7 nitrogen and oxygen atoms in total. The molecule has 1 saturated heterocycles. The maximum Gasteiger partial charge on any atom is 0.226 e. The van der Waals surface area contributed by atoms with Crippen molar-refractivity contribution in [1.29, 1.82) is 0 Å². The van der Waals surface area contributed by atoms with Gasteiger partial charge in [0.15, 0.2) is 5.82 Å². The molecule has 2 aromatic heterocycles. The van der Waals surface area contributed by atoms with E-state index in [9.17, 15) is 0 Å². The molecule has 24 heavy (non-hydrogen) atoms. The molecule has 0 aromatic carbocycles. The minimum absolute atomic E-state index is 0.505. The number of anilines is 1. The summed E-state index contributed by atoms with van der Waals surface area (Å²) in [6.07, 6.45) is 4.72. The van der Waals surface area contributed by atoms with E-state index in [2.05, 4.69) is 45.3 Å². The van der Waals surface area contributed by atoms with Crippen molar-refractivity contribution < 1.29 is 4.52 Å². The van der Waals surface area contributed by atoms with Crippen LogP contribution >= 0.6 is 0 Å². The Morgan fingerprint density at radius 3 is 2.83 bits per heavy atom. The number of piperidine rings is 1. The molecule has 0 radical (unpaired) electrons. The first-order valence-corrected chi connectivity index (χ1v) is 8.67. The van der Waals surface area contributed by atoms with Crippen molar-refractivity contribution >= 4 is 5.82 Å². The van der Waals surface area contributed by atoms with Gasteiger partial charge < -0.3 is 14.7 Å². The van der Waals surface area contributed by atoms with Crippen molar-refractivity contribution in [2.45, 2.75) is 45.6 Å². The standard InChI is InChI=1S/C17H26N6O/c1-12(2)8-17-21-15(22-24-17)10-23(3)16-9-14(19-11-20-16)13-4-6-18-7-5-13/h9,11-13,18H,4-8,10H2,1-3H3. The summed E-state index contributed by atoms with van der Waals surface area (Å²) in [6, 6.07) is 2.09. The topological polar surface area (TPSA) is 80.0 Å². The monoisotopic (exact) mass is 330 g/mol. The van der Waals surface area contributed by atoms with E-state index in [1.54, 1.807) is 6.33 Å². The average molecular weight is 330 g/mol. The Kier molecular flexibility index (Phi) is 5.40. The van der Waals surface area contributed by atoms with Crippen LogP contribution in [0.15, 0.2) is 16.9 Å². The Balaban J connectivity index is 1.66. The van der Waals surface area contributed by atoms with Crippen molar-refractivity contribution in [3.05, 3.63) is 29.8 Å². The molecule has 130 valence electrons. The first-order valence-electron chi connectivity index (χ1n) is 8.67. The molecule has 0 bridgehead atoms. The summed E-state index contributed by atoms with van der Waals surface area (Å²) in [5, 5.41) is 7.46. The number of nitrogens with one attached hydrogen (secondary N) is 1. The van der Waals surface area contributed by atoms with Crippen LogP contribution in [-0.2, 0) is 13.0 Å². The molecule has 0 saturated carbocycles. The van der Waals surface area contributed by atoms with Crippen LogP contribution < -0.4 is 10.2 Å². The van der Waals surface area contributed by atoms with E-state index in [1.165, 1.54) is 0 Å². The smallest absolute Gasteiger partial charge is 0.226 e. The molecule has 1 aliphatic heterocycles. The second-order valence-electron chi connectivity index (χ2n) is 6.88. The molecule has 1 N–H and O–H groups in total. The first-order chi connectivity index (χ1) is 11.6. The largest absolute Gasteiger partial charge is 0.352 e. The van der Waals surface area contributed by atoms with Crippen LogP contribution in [0.3, 0.4) is 0 Å². The normalized spacial score (nSPS) is 15.8. The number of aromatic nitrogens is 4. The van der Waals surface area contributed by atoms with Crippen molar-refractivity contribution in [2.75, 3.05) is 25.0 Å². The highest BCUT2D eigenvalue weighted by molar-refractivity contribution is 5.38. The Morgan fingerprint density at radius 1 is 1.29 bits per heavy atom. The van der Waals surface area contributed by atoms with Crippen molar-refractivity contribution in [2.24, 2.45) is 5.92 Å². The third-order valence-electron chi connectivity index (χ3n) is 4.29. The molecule has 1 aliphatic rings. The van der Waals surface area contributed by atoms with Gasteiger partial charge in [0.05, 0.1) is 6.54 Å². The van der Waals surface area contributed by atoms with Crippen molar-refractivity contribution in [3.8, 4) is 0 Å². The lowest BCUT2D eigenvalue weighted by Crippen LogP contribution is -2.27. The molecular formula is C17H26N6O. The molecule has 0 aliphatic carbocycles. The van der Waals surface area contributed by atoms with Crippen LogP contribution in [-0.4, -0.2) is 40.2 Å². The van der Waals surface area contributed by atoms with E-state index >= 15 is 0 Å². The quantitative estimate of drug-likeness (QED) is 0.869. The second-order valence-corrected chi connectivity index (χ2v) is 6.88. The lowest BCUT2D eigenvalue weighted by Gasteiger charge is -2.23. The van der Waals surface area contributed by atoms with E-state index in [1.807, 2.05) is 11.9 Å². The molecule has 1 fully saturated rings. The average Bonchev–Trinajstić information content (AvgIpc) is 3.02. The van der Waals surface area contributed by atoms with E-state index in [0.29, 0.717) is 30.1 Å². The van der Waals surface area contributed by atoms with Gasteiger partial charge >= 0.3 is 0 Å². The molecule has 3 rings (SSSR count). The summed E-state index contributed by atoms with van der Waals surface area (Å²) in [5.41, 5.74) is 1.13. The van der Waals surface area contributed by atoms with Gasteiger partial charge in [-0.05, 0) is 31.8 Å². The Hall–Kier alpha value is -2.02. The van der Waals surface area contributed by atoms with Gasteiger partial charge in [-0.3, -0.25) is 0 Å². The van der Waals surface area contributed by atoms with Crippen molar-refractivity contribution in [3.63, 3.8) is 0 Å². The molecule has 0 amide bonds. The van der Waals surface area contributed by atoms with E-state index in [0.717, 1.165) is 43.9 Å². The maximum atomic E-state index is 5.30. The fourth-order valence-electron chi connectivity index (χ4n) is 2.99. The van der Waals surface area contributed by atoms with Gasteiger partial charge in [0.25, 0.3) is 0 Å². The van der Waals surface area contributed by atoms with Crippen LogP contribution in [0.25, 0.3) is 0 Å². The fraction of sp³-hybridized carbons (Fsp3) is 0.647. The Bertz CT molecular complexity index is 650. The van der Waals surface area contributed by atoms with Crippen LogP contribution in [0, 0.1) is 5.92 Å². The van der Waals surface area contributed by atoms with Crippen LogP contribution in [0.1, 0.15) is 50.0 Å². The molecular weight excluding hydrogens is 304 g/mol. The van der Waals surface area contributed by atoms with Crippen LogP contribution in [0.4, 0.5) is 5.82 Å². The summed E-state index contributed by atoms with van der Waals surface area (Å²) in [5.74, 6) is 3.31. The zero-order valence-electron chi connectivity index (χ0n) is 14.7. The van der Waals surface area contributed by atoms with Gasteiger partial charge in [0.2, 0.25) is 5.89 Å². The SMILES string of the molecule is CC(C)Cc1nc(CN(C)c2cc(C3CCNCC3)ncn2)no1. The summed E-state index contributed by atoms with van der Waals surface area (Å²) in [7, 11) is 1.99. The molecule has 3 heterocycles. The van der Waals surface area contributed by atoms with Gasteiger partial charge in [0.1, 0.15) is 12.1 Å². The lowest BCUT2D eigenvalue weighted by atomic mass is 9.94. The zero-order valence-corrected chi connectivity index (χ0v) is 14.7. The predicted octanol–water partition coefficient (Wildman–Crippen LogP) is 2.16. The molecule has 0 spiro atoms. The first kappa shape index (κ1) is 16.8. The highest BCUT2D eigenvalue weighted by atomic mass is 16.5. The summed E-state index contributed by atoms with van der Waals surface area (Å²) < 4.78 is 5.30. The summed E-state index contributed by atoms with van der Waals surface area (Å²) >= 11 is 0. The third-order valence-corrected chi connectivity index (χ3v) is 4.29. The number of hydrogen-bond donors (Lipinski definition) is 1. The van der Waals surface area contributed by atoms with Gasteiger partial charge in [-0.25, -0.2) is 9.97 Å². The third kappa shape index (κ3) is 4.29. The predicted molar refractivity (Wildman–Crippen MR) is 91.8 cm³/mol. The minimum Gasteiger partial charge on any atom is -0.352 e. The van der Waals surface area contributed by atoms with E-state index in [4.69, 9.17) is 4.52 Å². The minimum atomic E-state index is 0.505. The highest BCUT2D eigenvalue weighted by Crippen LogP contribution is 2.25. The maximum absolute atomic E-state index is 5.30. The fourth-order valence-corrected chi connectivity index (χ4v) is 2.99. The Morgan fingerprint density at radius 2 is 2.08 bits per heavy atom. The molecule has 7 heteroatoms. The van der Waals surface area contributed by atoms with Gasteiger partial charge in [-0.2, -0.15) is 4.98 Å². The second kappa shape index (κ2) is 7.70. The number of nitrogens with zero attached hydrogens (tertiary/aromatic N) is 5. The van der Waals surface area contributed by atoms with E-state index in [-0.39, 0.29) is 0 Å². The van der Waals surface area contributed by atoms with Gasteiger partial charge in [0, 0.05) is 31.1 Å². The molecule has 0 unspecified atom stereocenters. The van der Waals surface area contributed by atoms with Crippen LogP contribution in [0.2, 0.25) is 0 Å². The number of rotatable bonds is 6. The van der Waals surface area contributed by atoms with Gasteiger partial charge in [-0.15, -0.1) is 0 Å². The Labute approximate surface area is 142 Å². The van der Waals surface area contributed by atoms with Crippen molar-refractivity contribution in [1.82, 2.24) is 25.4 Å². The lowest BCUT2D eigenvalue weighted by molar-refractivity contribution is 0.358. The van der Waals surface area contributed by atoms with E-state index < -0.39 is 0 Å². The highest BCUT2D eigenvalue weighted by Gasteiger charge is 2.18. The zero-order chi connectivity index (χ0) is 16.9. The summed E-state index contributed by atoms with van der Waals surface area (Å²) in [6.45, 7) is 6.96. The summed E-state index contributed by atoms with van der Waals surface area (Å²) in [4.78, 5) is 15.4. The van der Waals surface area contributed by atoms with Crippen LogP contribution in [0.5, 0.6) is 0 Å². The molecule has 2 aromatic rings. The molecule has 0 atom stereocenters. The number of hydrogen-bond acceptors (Lipinski definition) is 7.